The maximum absolute atomic E-state index is 11.1. The van der Waals surface area contributed by atoms with E-state index in [2.05, 4.69) is 9.97 Å². The topological polar surface area (TPSA) is 42.9 Å². The van der Waals surface area contributed by atoms with Gasteiger partial charge in [0.05, 0.1) is 11.4 Å². The van der Waals surface area contributed by atoms with E-state index in [1.54, 1.807) is 19.3 Å². The van der Waals surface area contributed by atoms with Gasteiger partial charge < -0.3 is 0 Å². The van der Waals surface area contributed by atoms with Crippen LogP contribution in [0.5, 0.6) is 0 Å². The molecular formula is C14H14N2O. The van der Waals surface area contributed by atoms with Gasteiger partial charge >= 0.3 is 0 Å². The number of nitrogens with zero attached hydrogens (tertiary/aromatic N) is 2. The molecule has 0 atom stereocenters. The van der Waals surface area contributed by atoms with E-state index in [4.69, 9.17) is 0 Å². The van der Waals surface area contributed by atoms with Crippen LogP contribution in [0, 0.1) is 6.92 Å². The first kappa shape index (κ1) is 11.5. The molecule has 86 valence electrons. The summed E-state index contributed by atoms with van der Waals surface area (Å²) in [5.41, 5.74) is 3.78. The van der Waals surface area contributed by atoms with Crippen LogP contribution in [0.1, 0.15) is 18.1 Å². The minimum Gasteiger partial charge on any atom is -0.300 e. The number of hydrogen-bond acceptors (Lipinski definition) is 3. The molecule has 2 rings (SSSR count). The third-order valence-corrected chi connectivity index (χ3v) is 2.46. The Morgan fingerprint density at radius 1 is 1.12 bits per heavy atom. The predicted molar refractivity (Wildman–Crippen MR) is 66.6 cm³/mol. The fraction of sp³-hybridized carbons (Fsp3) is 0.214. The van der Waals surface area contributed by atoms with Crippen molar-refractivity contribution in [1.82, 2.24) is 9.97 Å². The van der Waals surface area contributed by atoms with Gasteiger partial charge in [0, 0.05) is 18.8 Å². The van der Waals surface area contributed by atoms with Crippen LogP contribution in [0.2, 0.25) is 0 Å². The molecule has 0 saturated carbocycles. The third kappa shape index (κ3) is 2.97. The van der Waals surface area contributed by atoms with Crippen molar-refractivity contribution < 1.29 is 4.79 Å². The fourth-order valence-corrected chi connectivity index (χ4v) is 1.69. The summed E-state index contributed by atoms with van der Waals surface area (Å²) in [4.78, 5) is 19.6. The highest BCUT2D eigenvalue weighted by Gasteiger charge is 2.04. The average molecular weight is 226 g/mol. The molecule has 17 heavy (non-hydrogen) atoms. The Kier molecular flexibility index (Phi) is 3.28. The van der Waals surface area contributed by atoms with E-state index in [0.717, 1.165) is 22.5 Å². The molecule has 0 fully saturated rings. The SMILES string of the molecule is CC(=O)Cc1ccnc(-c2cc(C)ccn2)c1. The van der Waals surface area contributed by atoms with Gasteiger partial charge in [-0.2, -0.15) is 0 Å². The van der Waals surface area contributed by atoms with Crippen LogP contribution in [0.3, 0.4) is 0 Å². The fourth-order valence-electron chi connectivity index (χ4n) is 1.69. The molecule has 0 amide bonds. The first-order valence-corrected chi connectivity index (χ1v) is 5.52. The highest BCUT2D eigenvalue weighted by molar-refractivity contribution is 5.78. The molecule has 0 aromatic carbocycles. The molecule has 0 spiro atoms. The van der Waals surface area contributed by atoms with Gasteiger partial charge in [-0.15, -0.1) is 0 Å². The van der Waals surface area contributed by atoms with Crippen LogP contribution in [-0.2, 0) is 11.2 Å². The molecule has 2 heterocycles. The number of aryl methyl sites for hydroxylation is 1. The highest BCUT2D eigenvalue weighted by atomic mass is 16.1. The number of rotatable bonds is 3. The van der Waals surface area contributed by atoms with Crippen molar-refractivity contribution in [3.63, 3.8) is 0 Å². The molecule has 0 unspecified atom stereocenters. The van der Waals surface area contributed by atoms with Crippen LogP contribution in [0.4, 0.5) is 0 Å². The zero-order chi connectivity index (χ0) is 12.3. The van der Waals surface area contributed by atoms with Crippen LogP contribution in [-0.4, -0.2) is 15.8 Å². The van der Waals surface area contributed by atoms with Crippen molar-refractivity contribution in [2.24, 2.45) is 0 Å². The quantitative estimate of drug-likeness (QED) is 0.807. The van der Waals surface area contributed by atoms with E-state index < -0.39 is 0 Å². The summed E-state index contributed by atoms with van der Waals surface area (Å²) in [7, 11) is 0. The largest absolute Gasteiger partial charge is 0.300 e. The van der Waals surface area contributed by atoms with E-state index >= 15 is 0 Å². The van der Waals surface area contributed by atoms with Gasteiger partial charge in [-0.25, -0.2) is 0 Å². The maximum atomic E-state index is 11.1. The molecule has 3 nitrogen and oxygen atoms in total. The number of hydrogen-bond donors (Lipinski definition) is 0. The summed E-state index contributed by atoms with van der Waals surface area (Å²) in [6.45, 7) is 3.61. The second kappa shape index (κ2) is 4.87. The second-order valence-corrected chi connectivity index (χ2v) is 4.15. The van der Waals surface area contributed by atoms with Crippen molar-refractivity contribution in [2.75, 3.05) is 0 Å². The van der Waals surface area contributed by atoms with E-state index in [0.29, 0.717) is 6.42 Å². The monoisotopic (exact) mass is 226 g/mol. The molecule has 2 aromatic rings. The minimum atomic E-state index is 0.152. The molecule has 2 aromatic heterocycles. The van der Waals surface area contributed by atoms with E-state index in [1.165, 1.54) is 0 Å². The lowest BCUT2D eigenvalue weighted by Gasteiger charge is -2.03. The van der Waals surface area contributed by atoms with E-state index in [9.17, 15) is 4.79 Å². The molecule has 3 heteroatoms. The predicted octanol–water partition coefficient (Wildman–Crippen LogP) is 2.58. The Labute approximate surface area is 101 Å². The molecule has 0 aliphatic heterocycles. The molecule has 0 aliphatic carbocycles. The van der Waals surface area contributed by atoms with Gasteiger partial charge in [-0.05, 0) is 49.2 Å². The van der Waals surface area contributed by atoms with Crippen molar-refractivity contribution in [3.05, 3.63) is 47.8 Å². The lowest BCUT2D eigenvalue weighted by atomic mass is 10.1. The number of pyridine rings is 2. The number of carbonyl (C=O) groups is 1. The summed E-state index contributed by atoms with van der Waals surface area (Å²) in [6.07, 6.45) is 3.93. The maximum Gasteiger partial charge on any atom is 0.134 e. The van der Waals surface area contributed by atoms with Crippen LogP contribution in [0.15, 0.2) is 36.7 Å². The number of Topliss-reactive ketones (excluding diaryl/α,β-unsaturated/α-hetero) is 1. The Morgan fingerprint density at radius 2 is 1.76 bits per heavy atom. The van der Waals surface area contributed by atoms with Crippen LogP contribution >= 0.6 is 0 Å². The second-order valence-electron chi connectivity index (χ2n) is 4.15. The standard InChI is InChI=1S/C14H14N2O/c1-10-3-5-15-13(7-10)14-9-12(4-6-16-14)8-11(2)17/h3-7,9H,8H2,1-2H3. The van der Waals surface area contributed by atoms with Gasteiger partial charge in [0.1, 0.15) is 5.78 Å². The van der Waals surface area contributed by atoms with Gasteiger partial charge in [0.15, 0.2) is 0 Å². The summed E-state index contributed by atoms with van der Waals surface area (Å²) in [5.74, 6) is 0.152. The summed E-state index contributed by atoms with van der Waals surface area (Å²) < 4.78 is 0. The Morgan fingerprint density at radius 3 is 2.41 bits per heavy atom. The van der Waals surface area contributed by atoms with Crippen LogP contribution < -0.4 is 0 Å². The zero-order valence-electron chi connectivity index (χ0n) is 9.97. The van der Waals surface area contributed by atoms with Crippen molar-refractivity contribution >= 4 is 5.78 Å². The first-order valence-electron chi connectivity index (χ1n) is 5.52. The van der Waals surface area contributed by atoms with E-state index in [1.807, 2.05) is 31.2 Å². The van der Waals surface area contributed by atoms with Gasteiger partial charge in [-0.3, -0.25) is 14.8 Å². The molecule has 0 aliphatic rings. The van der Waals surface area contributed by atoms with Crippen molar-refractivity contribution in [2.45, 2.75) is 20.3 Å². The molecule has 0 N–H and O–H groups in total. The number of ketones is 1. The Bertz CT molecular complexity index is 549. The van der Waals surface area contributed by atoms with Gasteiger partial charge in [-0.1, -0.05) is 0 Å². The zero-order valence-corrected chi connectivity index (χ0v) is 9.97. The summed E-state index contributed by atoms with van der Waals surface area (Å²) in [5, 5.41) is 0. The lowest BCUT2D eigenvalue weighted by Crippen LogP contribution is -1.97. The minimum absolute atomic E-state index is 0.152. The lowest BCUT2D eigenvalue weighted by molar-refractivity contribution is -0.116. The van der Waals surface area contributed by atoms with Crippen molar-refractivity contribution in [1.29, 1.82) is 0 Å². The molecular weight excluding hydrogens is 212 g/mol. The Hall–Kier alpha value is -2.03. The molecule has 0 radical (unpaired) electrons. The average Bonchev–Trinajstić information content (AvgIpc) is 2.28. The Balaban J connectivity index is 2.36. The van der Waals surface area contributed by atoms with E-state index in [-0.39, 0.29) is 5.78 Å². The number of carbonyl (C=O) groups excluding carboxylic acids is 1. The van der Waals surface area contributed by atoms with Crippen LogP contribution in [0.25, 0.3) is 11.4 Å². The molecule has 0 bridgehead atoms. The normalized spacial score (nSPS) is 10.2. The van der Waals surface area contributed by atoms with Gasteiger partial charge in [0.2, 0.25) is 0 Å². The molecule has 0 saturated heterocycles. The number of aromatic nitrogens is 2. The van der Waals surface area contributed by atoms with Crippen molar-refractivity contribution in [3.8, 4) is 11.4 Å². The smallest absolute Gasteiger partial charge is 0.134 e. The van der Waals surface area contributed by atoms with Gasteiger partial charge in [0.25, 0.3) is 0 Å². The highest BCUT2D eigenvalue weighted by Crippen LogP contribution is 2.16. The third-order valence-electron chi connectivity index (χ3n) is 2.46. The first-order chi connectivity index (χ1) is 8.15. The summed E-state index contributed by atoms with van der Waals surface area (Å²) >= 11 is 0. The summed E-state index contributed by atoms with van der Waals surface area (Å²) in [6, 6.07) is 7.71.